The van der Waals surface area contributed by atoms with Crippen LogP contribution in [-0.4, -0.2) is 34.9 Å². The number of unbranched alkanes of at least 4 members (excludes halogenated alkanes) is 3. The van der Waals surface area contributed by atoms with Crippen LogP contribution in [0.25, 0.3) is 6.08 Å². The van der Waals surface area contributed by atoms with Crippen molar-refractivity contribution < 1.29 is 14.3 Å². The van der Waals surface area contributed by atoms with Gasteiger partial charge in [0.05, 0.1) is 4.91 Å². The summed E-state index contributed by atoms with van der Waals surface area (Å²) >= 11 is 6.52. The van der Waals surface area contributed by atoms with Crippen molar-refractivity contribution >= 4 is 58.1 Å². The SMILES string of the molecule is CCCCCCN1c2ccccc2CCc2cc(C=C3SC(=S)N(COC=O)C3=O)ccc21. The lowest BCUT2D eigenvalue weighted by Gasteiger charge is -2.27. The maximum atomic E-state index is 12.7. The minimum Gasteiger partial charge on any atom is -0.446 e. The molecule has 172 valence electrons. The Labute approximate surface area is 204 Å². The number of para-hydroxylation sites is 1. The van der Waals surface area contributed by atoms with E-state index in [9.17, 15) is 9.59 Å². The van der Waals surface area contributed by atoms with E-state index in [4.69, 9.17) is 17.0 Å². The molecule has 0 unspecified atom stereocenters. The Hall–Kier alpha value is -2.64. The quantitative estimate of drug-likeness (QED) is 0.195. The van der Waals surface area contributed by atoms with E-state index in [1.54, 1.807) is 0 Å². The van der Waals surface area contributed by atoms with Crippen LogP contribution >= 0.6 is 24.0 Å². The van der Waals surface area contributed by atoms with E-state index in [0.29, 0.717) is 15.7 Å². The van der Waals surface area contributed by atoms with Gasteiger partial charge in [-0.3, -0.25) is 14.5 Å². The van der Waals surface area contributed by atoms with Crippen LogP contribution < -0.4 is 4.90 Å². The van der Waals surface area contributed by atoms with Gasteiger partial charge in [-0.05, 0) is 60.2 Å². The lowest BCUT2D eigenvalue weighted by molar-refractivity contribution is -0.135. The summed E-state index contributed by atoms with van der Waals surface area (Å²) in [4.78, 5) is 27.5. The number of nitrogens with zero attached hydrogens (tertiary/aromatic N) is 2. The number of rotatable bonds is 9. The number of benzene rings is 2. The zero-order chi connectivity index (χ0) is 23.2. The van der Waals surface area contributed by atoms with E-state index in [1.807, 2.05) is 6.08 Å². The molecule has 2 aliphatic heterocycles. The number of thioether (sulfide) groups is 1. The van der Waals surface area contributed by atoms with Gasteiger partial charge in [0.2, 0.25) is 0 Å². The Morgan fingerprint density at radius 2 is 1.82 bits per heavy atom. The van der Waals surface area contributed by atoms with Gasteiger partial charge in [0.25, 0.3) is 12.4 Å². The average molecular weight is 481 g/mol. The second-order valence-corrected chi connectivity index (χ2v) is 9.91. The van der Waals surface area contributed by atoms with Gasteiger partial charge in [-0.1, -0.05) is 74.4 Å². The first-order chi connectivity index (χ1) is 16.1. The molecule has 0 N–H and O–H groups in total. The predicted octanol–water partition coefficient (Wildman–Crippen LogP) is 5.84. The van der Waals surface area contributed by atoms with Crippen molar-refractivity contribution in [3.05, 3.63) is 64.1 Å². The van der Waals surface area contributed by atoms with E-state index in [0.717, 1.165) is 31.4 Å². The summed E-state index contributed by atoms with van der Waals surface area (Å²) in [6.07, 6.45) is 8.70. The van der Waals surface area contributed by atoms with Gasteiger partial charge in [0.1, 0.15) is 0 Å². The van der Waals surface area contributed by atoms with Crippen LogP contribution in [0.1, 0.15) is 49.3 Å². The number of carbonyl (C=O) groups excluding carboxylic acids is 2. The first kappa shape index (κ1) is 23.5. The smallest absolute Gasteiger partial charge is 0.294 e. The van der Waals surface area contributed by atoms with Gasteiger partial charge in [-0.15, -0.1) is 0 Å². The van der Waals surface area contributed by atoms with Crippen molar-refractivity contribution in [3.63, 3.8) is 0 Å². The highest BCUT2D eigenvalue weighted by atomic mass is 32.2. The monoisotopic (exact) mass is 480 g/mol. The molecule has 2 aromatic carbocycles. The molecule has 2 aliphatic rings. The summed E-state index contributed by atoms with van der Waals surface area (Å²) in [6.45, 7) is 3.40. The van der Waals surface area contributed by atoms with Crippen molar-refractivity contribution in [2.24, 2.45) is 0 Å². The van der Waals surface area contributed by atoms with E-state index in [2.05, 4.69) is 54.3 Å². The fourth-order valence-corrected chi connectivity index (χ4v) is 5.58. The maximum Gasteiger partial charge on any atom is 0.294 e. The Morgan fingerprint density at radius 3 is 2.64 bits per heavy atom. The normalized spacial score (nSPS) is 16.6. The second-order valence-electron chi connectivity index (χ2n) is 8.23. The molecular formula is C26H28N2O3S2. The van der Waals surface area contributed by atoms with Gasteiger partial charge in [-0.2, -0.15) is 0 Å². The summed E-state index contributed by atoms with van der Waals surface area (Å²) in [5, 5.41) is 0. The van der Waals surface area contributed by atoms with Gasteiger partial charge in [0.15, 0.2) is 11.1 Å². The third kappa shape index (κ3) is 5.31. The Bertz CT molecular complexity index is 1080. The molecule has 2 aromatic rings. The Balaban J connectivity index is 1.61. The van der Waals surface area contributed by atoms with Crippen molar-refractivity contribution in [3.8, 4) is 0 Å². The number of aryl methyl sites for hydroxylation is 2. The lowest BCUT2D eigenvalue weighted by atomic mass is 10.0. The molecule has 0 saturated carbocycles. The molecular weight excluding hydrogens is 452 g/mol. The third-order valence-electron chi connectivity index (χ3n) is 6.02. The number of hydrogen-bond donors (Lipinski definition) is 0. The average Bonchev–Trinajstić information content (AvgIpc) is 2.99. The third-order valence-corrected chi connectivity index (χ3v) is 7.40. The molecule has 0 bridgehead atoms. The van der Waals surface area contributed by atoms with Crippen molar-refractivity contribution in [1.82, 2.24) is 4.90 Å². The summed E-state index contributed by atoms with van der Waals surface area (Å²) in [7, 11) is 0. The molecule has 4 rings (SSSR count). The number of anilines is 2. The van der Waals surface area contributed by atoms with E-state index in [1.165, 1.54) is 58.4 Å². The highest BCUT2D eigenvalue weighted by Gasteiger charge is 2.32. The highest BCUT2D eigenvalue weighted by Crippen LogP contribution is 2.38. The maximum absolute atomic E-state index is 12.7. The van der Waals surface area contributed by atoms with E-state index in [-0.39, 0.29) is 12.6 Å². The minimum atomic E-state index is -0.230. The number of ether oxygens (including phenoxy) is 1. The van der Waals surface area contributed by atoms with Gasteiger partial charge in [-0.25, -0.2) is 0 Å². The largest absolute Gasteiger partial charge is 0.446 e. The van der Waals surface area contributed by atoms with Crippen molar-refractivity contribution in [2.45, 2.75) is 45.4 Å². The van der Waals surface area contributed by atoms with Crippen LogP contribution in [0.3, 0.4) is 0 Å². The topological polar surface area (TPSA) is 49.9 Å². The summed E-state index contributed by atoms with van der Waals surface area (Å²) in [5.74, 6) is -0.230. The molecule has 0 aromatic heterocycles. The van der Waals surface area contributed by atoms with Crippen molar-refractivity contribution in [2.75, 3.05) is 18.2 Å². The van der Waals surface area contributed by atoms with Crippen LogP contribution in [0, 0.1) is 0 Å². The molecule has 5 nitrogen and oxygen atoms in total. The van der Waals surface area contributed by atoms with Crippen LogP contribution in [0.4, 0.5) is 11.4 Å². The molecule has 1 saturated heterocycles. The molecule has 0 atom stereocenters. The predicted molar refractivity (Wildman–Crippen MR) is 138 cm³/mol. The number of carbonyl (C=O) groups is 2. The molecule has 2 heterocycles. The molecule has 33 heavy (non-hydrogen) atoms. The molecule has 1 fully saturated rings. The summed E-state index contributed by atoms with van der Waals surface area (Å²) in [6, 6.07) is 15.1. The van der Waals surface area contributed by atoms with Crippen molar-refractivity contribution in [1.29, 1.82) is 0 Å². The second kappa shape index (κ2) is 11.0. The van der Waals surface area contributed by atoms with E-state index >= 15 is 0 Å². The van der Waals surface area contributed by atoms with Crippen LogP contribution in [0.15, 0.2) is 47.4 Å². The Morgan fingerprint density at radius 1 is 1.03 bits per heavy atom. The standard InChI is InChI=1S/C26H28N2O3S2/c1-2-3-4-7-14-27-22-9-6-5-8-20(22)11-12-21-15-19(10-13-23(21)27)16-24-25(30)28(17-31-18-29)26(32)33-24/h5-6,8-10,13,15-16,18H,2-4,7,11-12,14,17H2,1H3. The minimum absolute atomic E-state index is 0.152. The lowest BCUT2D eigenvalue weighted by Crippen LogP contribution is -2.30. The van der Waals surface area contributed by atoms with Gasteiger partial charge >= 0.3 is 0 Å². The number of amides is 1. The first-order valence-electron chi connectivity index (χ1n) is 11.4. The zero-order valence-electron chi connectivity index (χ0n) is 18.8. The molecule has 0 aliphatic carbocycles. The first-order valence-corrected chi connectivity index (χ1v) is 12.6. The summed E-state index contributed by atoms with van der Waals surface area (Å²) in [5.41, 5.74) is 6.19. The molecule has 0 radical (unpaired) electrons. The fourth-order valence-electron chi connectivity index (χ4n) is 4.35. The van der Waals surface area contributed by atoms with Crippen LogP contribution in [0.2, 0.25) is 0 Å². The number of fused-ring (bicyclic) bond motifs is 2. The number of thiocarbonyl (C=S) groups is 1. The van der Waals surface area contributed by atoms with Gasteiger partial charge in [0, 0.05) is 17.9 Å². The summed E-state index contributed by atoms with van der Waals surface area (Å²) < 4.78 is 5.13. The van der Waals surface area contributed by atoms with Crippen LogP contribution in [0.5, 0.6) is 0 Å². The van der Waals surface area contributed by atoms with Crippen LogP contribution in [-0.2, 0) is 27.2 Å². The fraction of sp³-hybridized carbons (Fsp3) is 0.346. The zero-order valence-corrected chi connectivity index (χ0v) is 20.4. The van der Waals surface area contributed by atoms with E-state index < -0.39 is 0 Å². The molecule has 1 amide bonds. The van der Waals surface area contributed by atoms with Gasteiger partial charge < -0.3 is 9.64 Å². The molecule has 0 spiro atoms. The molecule has 7 heteroatoms. The Kier molecular flexibility index (Phi) is 7.83. The number of hydrogen-bond acceptors (Lipinski definition) is 6. The highest BCUT2D eigenvalue weighted by molar-refractivity contribution is 8.26.